The number of nitrogens with zero attached hydrogens (tertiary/aromatic N) is 2. The fraction of sp³-hybridized carbons (Fsp3) is 0.583. The number of aromatic amines is 1. The van der Waals surface area contributed by atoms with Gasteiger partial charge in [-0.15, -0.1) is 0 Å². The molecule has 6 nitrogen and oxygen atoms in total. The molecule has 2 N–H and O–H groups in total. The van der Waals surface area contributed by atoms with Crippen LogP contribution in [0.25, 0.3) is 0 Å². The molecule has 2 rings (SSSR count). The predicted molar refractivity (Wildman–Crippen MR) is 67.0 cm³/mol. The third-order valence-corrected chi connectivity index (χ3v) is 2.85. The first-order chi connectivity index (χ1) is 8.60. The first-order valence-electron chi connectivity index (χ1n) is 6.18. The lowest BCUT2D eigenvalue weighted by atomic mass is 10.3. The van der Waals surface area contributed by atoms with E-state index in [4.69, 9.17) is 5.11 Å². The largest absolute Gasteiger partial charge is 0.480 e. The number of carbonyl (C=O) groups is 1. The summed E-state index contributed by atoms with van der Waals surface area (Å²) < 4.78 is 0. The van der Waals surface area contributed by atoms with E-state index in [0.29, 0.717) is 24.1 Å². The molecule has 18 heavy (non-hydrogen) atoms. The van der Waals surface area contributed by atoms with E-state index in [1.807, 2.05) is 6.92 Å². The van der Waals surface area contributed by atoms with Gasteiger partial charge in [-0.3, -0.25) is 9.59 Å². The average Bonchev–Trinajstić information content (AvgIpc) is 3.10. The Morgan fingerprint density at radius 2 is 2.33 bits per heavy atom. The van der Waals surface area contributed by atoms with Gasteiger partial charge in [0, 0.05) is 18.5 Å². The number of nitrogens with one attached hydrogen (secondary N) is 1. The highest BCUT2D eigenvalue weighted by molar-refractivity contribution is 5.73. The van der Waals surface area contributed by atoms with Crippen LogP contribution in [-0.2, 0) is 4.79 Å². The number of H-pyrrole nitrogens is 1. The van der Waals surface area contributed by atoms with Crippen molar-refractivity contribution in [2.24, 2.45) is 0 Å². The van der Waals surface area contributed by atoms with E-state index < -0.39 is 5.97 Å². The Hall–Kier alpha value is -1.85. The molecule has 1 saturated carbocycles. The van der Waals surface area contributed by atoms with Crippen LogP contribution in [0.3, 0.4) is 0 Å². The van der Waals surface area contributed by atoms with Crippen LogP contribution in [0.15, 0.2) is 10.9 Å². The highest BCUT2D eigenvalue weighted by Gasteiger charge is 2.27. The molecule has 6 heteroatoms. The second kappa shape index (κ2) is 5.20. The van der Waals surface area contributed by atoms with Crippen molar-refractivity contribution in [3.8, 4) is 0 Å². The molecule has 0 saturated heterocycles. The van der Waals surface area contributed by atoms with Crippen LogP contribution in [0, 0.1) is 0 Å². The van der Waals surface area contributed by atoms with E-state index in [9.17, 15) is 9.59 Å². The molecule has 1 aromatic heterocycles. The Morgan fingerprint density at radius 3 is 2.89 bits per heavy atom. The summed E-state index contributed by atoms with van der Waals surface area (Å²) in [5, 5.41) is 8.88. The van der Waals surface area contributed by atoms with Crippen LogP contribution in [0.4, 0.5) is 5.82 Å². The number of aliphatic carboxylic acids is 1. The SMILES string of the molecule is CCCN(CC(=O)O)c1cc(=O)[nH]c(C2CC2)n1. The minimum atomic E-state index is -0.918. The molecule has 0 aliphatic heterocycles. The maximum absolute atomic E-state index is 11.6. The molecule has 0 aromatic carbocycles. The van der Waals surface area contributed by atoms with Gasteiger partial charge in [0.1, 0.15) is 18.2 Å². The Balaban J connectivity index is 2.27. The molecule has 1 heterocycles. The quantitative estimate of drug-likeness (QED) is 0.786. The van der Waals surface area contributed by atoms with Crippen molar-refractivity contribution in [1.82, 2.24) is 9.97 Å². The van der Waals surface area contributed by atoms with Crippen molar-refractivity contribution < 1.29 is 9.90 Å². The molecule has 0 bridgehead atoms. The van der Waals surface area contributed by atoms with E-state index in [2.05, 4.69) is 9.97 Å². The van der Waals surface area contributed by atoms with Crippen LogP contribution in [-0.4, -0.2) is 34.1 Å². The first-order valence-corrected chi connectivity index (χ1v) is 6.18. The molecular weight excluding hydrogens is 234 g/mol. The second-order valence-corrected chi connectivity index (χ2v) is 4.58. The lowest BCUT2D eigenvalue weighted by Crippen LogP contribution is -2.32. The standard InChI is InChI=1S/C12H17N3O3/c1-2-5-15(7-11(17)18)9-6-10(16)14-12(13-9)8-3-4-8/h6,8H,2-5,7H2,1H3,(H,17,18)(H,13,14,16). The molecule has 1 aliphatic carbocycles. The minimum Gasteiger partial charge on any atom is -0.480 e. The van der Waals surface area contributed by atoms with Crippen LogP contribution in [0.2, 0.25) is 0 Å². The van der Waals surface area contributed by atoms with Gasteiger partial charge in [0.25, 0.3) is 5.56 Å². The summed E-state index contributed by atoms with van der Waals surface area (Å²) in [7, 11) is 0. The minimum absolute atomic E-state index is 0.131. The Bertz CT molecular complexity index is 494. The highest BCUT2D eigenvalue weighted by atomic mass is 16.4. The summed E-state index contributed by atoms with van der Waals surface area (Å²) in [6.45, 7) is 2.41. The lowest BCUT2D eigenvalue weighted by Gasteiger charge is -2.21. The van der Waals surface area contributed by atoms with E-state index in [1.165, 1.54) is 6.07 Å². The van der Waals surface area contributed by atoms with E-state index in [1.54, 1.807) is 4.90 Å². The second-order valence-electron chi connectivity index (χ2n) is 4.58. The summed E-state index contributed by atoms with van der Waals surface area (Å²) in [5.41, 5.74) is -0.214. The molecule has 1 aromatic rings. The van der Waals surface area contributed by atoms with Gasteiger partial charge < -0.3 is 15.0 Å². The smallest absolute Gasteiger partial charge is 0.323 e. The number of carboxylic acids is 1. The van der Waals surface area contributed by atoms with Gasteiger partial charge in [0.15, 0.2) is 0 Å². The molecule has 0 spiro atoms. The normalized spacial score (nSPS) is 14.5. The van der Waals surface area contributed by atoms with Gasteiger partial charge >= 0.3 is 5.97 Å². The molecule has 1 aliphatic rings. The summed E-state index contributed by atoms with van der Waals surface area (Å²) in [4.78, 5) is 31.1. The lowest BCUT2D eigenvalue weighted by molar-refractivity contribution is -0.135. The van der Waals surface area contributed by atoms with Crippen molar-refractivity contribution in [2.45, 2.75) is 32.1 Å². The summed E-state index contributed by atoms with van der Waals surface area (Å²) in [6.07, 6.45) is 2.89. The number of anilines is 1. The molecule has 98 valence electrons. The molecule has 0 atom stereocenters. The van der Waals surface area contributed by atoms with Crippen molar-refractivity contribution >= 4 is 11.8 Å². The van der Waals surface area contributed by atoms with Crippen molar-refractivity contribution in [1.29, 1.82) is 0 Å². The van der Waals surface area contributed by atoms with Gasteiger partial charge in [-0.05, 0) is 19.3 Å². The van der Waals surface area contributed by atoms with Crippen LogP contribution < -0.4 is 10.5 Å². The maximum Gasteiger partial charge on any atom is 0.323 e. The van der Waals surface area contributed by atoms with Gasteiger partial charge in [0.2, 0.25) is 0 Å². The van der Waals surface area contributed by atoms with E-state index in [-0.39, 0.29) is 12.1 Å². The maximum atomic E-state index is 11.6. The number of hydrogen-bond donors (Lipinski definition) is 2. The van der Waals surface area contributed by atoms with Crippen molar-refractivity contribution in [3.63, 3.8) is 0 Å². The summed E-state index contributed by atoms with van der Waals surface area (Å²) >= 11 is 0. The molecule has 0 unspecified atom stereocenters. The number of rotatable bonds is 6. The summed E-state index contributed by atoms with van der Waals surface area (Å²) in [5.74, 6) is 0.568. The Kier molecular flexibility index (Phi) is 3.64. The van der Waals surface area contributed by atoms with Crippen molar-refractivity contribution in [3.05, 3.63) is 22.2 Å². The fourth-order valence-corrected chi connectivity index (χ4v) is 1.88. The zero-order valence-corrected chi connectivity index (χ0v) is 10.3. The fourth-order valence-electron chi connectivity index (χ4n) is 1.88. The molecule has 0 amide bonds. The zero-order valence-electron chi connectivity index (χ0n) is 10.3. The van der Waals surface area contributed by atoms with Crippen LogP contribution in [0.5, 0.6) is 0 Å². The highest BCUT2D eigenvalue weighted by Crippen LogP contribution is 2.37. The zero-order chi connectivity index (χ0) is 13.1. The molecule has 1 fully saturated rings. The summed E-state index contributed by atoms with van der Waals surface area (Å²) in [6, 6.07) is 1.37. The molecular formula is C12H17N3O3. The van der Waals surface area contributed by atoms with Crippen LogP contribution in [0.1, 0.15) is 37.9 Å². The Morgan fingerprint density at radius 1 is 1.61 bits per heavy atom. The molecule has 0 radical (unpaired) electrons. The van der Waals surface area contributed by atoms with Gasteiger partial charge in [0.05, 0.1) is 0 Å². The number of aromatic nitrogens is 2. The first kappa shape index (κ1) is 12.6. The monoisotopic (exact) mass is 251 g/mol. The number of carboxylic acid groups (broad SMARTS) is 1. The topological polar surface area (TPSA) is 86.3 Å². The van der Waals surface area contributed by atoms with Crippen LogP contribution >= 0.6 is 0 Å². The third kappa shape index (κ3) is 3.09. The van der Waals surface area contributed by atoms with Gasteiger partial charge in [-0.25, -0.2) is 4.98 Å². The average molecular weight is 251 g/mol. The predicted octanol–water partition coefficient (Wildman–Crippen LogP) is 0.948. The van der Waals surface area contributed by atoms with Gasteiger partial charge in [-0.1, -0.05) is 6.92 Å². The van der Waals surface area contributed by atoms with E-state index in [0.717, 1.165) is 19.3 Å². The van der Waals surface area contributed by atoms with E-state index >= 15 is 0 Å². The van der Waals surface area contributed by atoms with Gasteiger partial charge in [-0.2, -0.15) is 0 Å². The number of hydrogen-bond acceptors (Lipinski definition) is 4. The van der Waals surface area contributed by atoms with Crippen molar-refractivity contribution in [2.75, 3.05) is 18.0 Å². The Labute approximate surface area is 105 Å². The third-order valence-electron chi connectivity index (χ3n) is 2.85.